The lowest BCUT2D eigenvalue weighted by atomic mass is 9.99. The number of aliphatic imine (C=N–C) groups is 1. The summed E-state index contributed by atoms with van der Waals surface area (Å²) in [6.45, 7) is 5.22. The van der Waals surface area contributed by atoms with E-state index in [0.717, 1.165) is 24.6 Å². The van der Waals surface area contributed by atoms with Gasteiger partial charge in [-0.3, -0.25) is 4.99 Å². The predicted molar refractivity (Wildman–Crippen MR) is 95.5 cm³/mol. The number of rotatable bonds is 7. The number of anilines is 1. The molecule has 0 radical (unpaired) electrons. The Kier molecular flexibility index (Phi) is 5.83. The van der Waals surface area contributed by atoms with Gasteiger partial charge in [-0.05, 0) is 62.9 Å². The summed E-state index contributed by atoms with van der Waals surface area (Å²) in [6, 6.07) is 8.99. The molecule has 1 fully saturated rings. The van der Waals surface area contributed by atoms with Crippen molar-refractivity contribution in [2.24, 2.45) is 16.6 Å². The highest BCUT2D eigenvalue weighted by Crippen LogP contribution is 2.34. The third kappa shape index (κ3) is 4.73. The minimum atomic E-state index is 0.504. The van der Waals surface area contributed by atoms with Crippen molar-refractivity contribution in [1.29, 1.82) is 0 Å². The smallest absolute Gasteiger partial charge is 0.193 e. The second-order valence-corrected chi connectivity index (χ2v) is 6.65. The Bertz CT molecular complexity index is 486. The van der Waals surface area contributed by atoms with Gasteiger partial charge in [-0.15, -0.1) is 0 Å². The maximum atomic E-state index is 6.02. The van der Waals surface area contributed by atoms with E-state index in [1.165, 1.54) is 18.4 Å². The van der Waals surface area contributed by atoms with E-state index in [2.05, 4.69) is 67.4 Å². The summed E-state index contributed by atoms with van der Waals surface area (Å²) in [4.78, 5) is 6.78. The zero-order valence-electron chi connectivity index (χ0n) is 14.3. The number of hydrogen-bond donors (Lipinski definition) is 2. The Balaban J connectivity index is 1.90. The highest BCUT2D eigenvalue weighted by molar-refractivity contribution is 5.92. The number of guanidine groups is 1. The maximum Gasteiger partial charge on any atom is 0.193 e. The minimum Gasteiger partial charge on any atom is -0.370 e. The number of nitrogens with zero attached hydrogens (tertiary/aromatic N) is 2. The van der Waals surface area contributed by atoms with Crippen LogP contribution in [0.25, 0.3) is 0 Å². The van der Waals surface area contributed by atoms with Gasteiger partial charge in [-0.25, -0.2) is 0 Å². The second kappa shape index (κ2) is 7.63. The van der Waals surface area contributed by atoms with Crippen molar-refractivity contribution in [2.75, 3.05) is 26.0 Å². The van der Waals surface area contributed by atoms with Crippen LogP contribution in [0.5, 0.6) is 0 Å². The second-order valence-electron chi connectivity index (χ2n) is 6.65. The Morgan fingerprint density at radius 3 is 2.45 bits per heavy atom. The molecule has 2 atom stereocenters. The summed E-state index contributed by atoms with van der Waals surface area (Å²) in [7, 11) is 4.24. The molecule has 1 aliphatic carbocycles. The van der Waals surface area contributed by atoms with Crippen LogP contribution in [0.3, 0.4) is 0 Å². The summed E-state index contributed by atoms with van der Waals surface area (Å²) < 4.78 is 0. The largest absolute Gasteiger partial charge is 0.370 e. The lowest BCUT2D eigenvalue weighted by Crippen LogP contribution is -2.34. The molecule has 4 heteroatoms. The first-order chi connectivity index (χ1) is 10.5. The molecule has 0 amide bonds. The van der Waals surface area contributed by atoms with E-state index in [0.29, 0.717) is 17.9 Å². The Morgan fingerprint density at radius 2 is 1.95 bits per heavy atom. The maximum absolute atomic E-state index is 6.02. The molecule has 3 N–H and O–H groups in total. The molecule has 0 heterocycles. The SMILES string of the molecule is CCC(C)c1ccc(NC(N)=NCC(C2CC2)N(C)C)cc1. The van der Waals surface area contributed by atoms with Gasteiger partial charge in [0.15, 0.2) is 5.96 Å². The molecule has 1 aliphatic rings. The average molecular weight is 302 g/mol. The van der Waals surface area contributed by atoms with Crippen LogP contribution >= 0.6 is 0 Å². The number of nitrogens with one attached hydrogen (secondary N) is 1. The standard InChI is InChI=1S/C18H30N4/c1-5-13(2)14-8-10-16(11-9-14)21-18(19)20-12-17(22(3)4)15-6-7-15/h8-11,13,15,17H,5-7,12H2,1-4H3,(H3,19,20,21). The quantitative estimate of drug-likeness (QED) is 0.600. The molecule has 1 aromatic carbocycles. The van der Waals surface area contributed by atoms with E-state index in [1.54, 1.807) is 0 Å². The van der Waals surface area contributed by atoms with Gasteiger partial charge < -0.3 is 16.0 Å². The van der Waals surface area contributed by atoms with Gasteiger partial charge in [0, 0.05) is 11.7 Å². The average Bonchev–Trinajstić information content (AvgIpc) is 3.32. The van der Waals surface area contributed by atoms with Crippen molar-refractivity contribution in [3.63, 3.8) is 0 Å². The molecule has 0 bridgehead atoms. The fourth-order valence-electron chi connectivity index (χ4n) is 2.72. The summed E-state index contributed by atoms with van der Waals surface area (Å²) in [5.74, 6) is 1.89. The summed E-state index contributed by atoms with van der Waals surface area (Å²) in [6.07, 6.45) is 3.80. The van der Waals surface area contributed by atoms with Crippen LogP contribution in [0, 0.1) is 5.92 Å². The van der Waals surface area contributed by atoms with E-state index >= 15 is 0 Å². The topological polar surface area (TPSA) is 53.6 Å². The van der Waals surface area contributed by atoms with Gasteiger partial charge in [-0.1, -0.05) is 26.0 Å². The van der Waals surface area contributed by atoms with Crippen LogP contribution in [0.15, 0.2) is 29.3 Å². The van der Waals surface area contributed by atoms with E-state index in [4.69, 9.17) is 5.73 Å². The fraction of sp³-hybridized carbons (Fsp3) is 0.611. The zero-order chi connectivity index (χ0) is 16.1. The van der Waals surface area contributed by atoms with Gasteiger partial charge in [0.05, 0.1) is 6.54 Å². The normalized spacial score (nSPS) is 18.3. The van der Waals surface area contributed by atoms with Crippen LogP contribution < -0.4 is 11.1 Å². The summed E-state index contributed by atoms with van der Waals surface area (Å²) in [5, 5.41) is 3.19. The highest BCUT2D eigenvalue weighted by Gasteiger charge is 2.32. The molecule has 122 valence electrons. The van der Waals surface area contributed by atoms with E-state index in [1.807, 2.05) is 0 Å². The van der Waals surface area contributed by atoms with Gasteiger partial charge >= 0.3 is 0 Å². The molecule has 2 rings (SSSR count). The molecule has 0 saturated heterocycles. The van der Waals surface area contributed by atoms with Crippen molar-refractivity contribution in [1.82, 2.24) is 4.90 Å². The third-order valence-corrected chi connectivity index (χ3v) is 4.64. The summed E-state index contributed by atoms with van der Waals surface area (Å²) >= 11 is 0. The number of hydrogen-bond acceptors (Lipinski definition) is 2. The fourth-order valence-corrected chi connectivity index (χ4v) is 2.72. The van der Waals surface area contributed by atoms with E-state index in [-0.39, 0.29) is 0 Å². The van der Waals surface area contributed by atoms with E-state index in [9.17, 15) is 0 Å². The predicted octanol–water partition coefficient (Wildman–Crippen LogP) is 3.27. The van der Waals surface area contributed by atoms with Gasteiger partial charge in [0.25, 0.3) is 0 Å². The van der Waals surface area contributed by atoms with Crippen LogP contribution in [0.4, 0.5) is 5.69 Å². The Labute approximate surface area is 134 Å². The lowest BCUT2D eigenvalue weighted by Gasteiger charge is -2.22. The van der Waals surface area contributed by atoms with Crippen molar-refractivity contribution in [3.05, 3.63) is 29.8 Å². The van der Waals surface area contributed by atoms with Crippen molar-refractivity contribution < 1.29 is 0 Å². The van der Waals surface area contributed by atoms with E-state index < -0.39 is 0 Å². The lowest BCUT2D eigenvalue weighted by molar-refractivity contribution is 0.271. The van der Waals surface area contributed by atoms with Gasteiger partial charge in [0.2, 0.25) is 0 Å². The number of likely N-dealkylation sites (N-methyl/N-ethyl adjacent to an activating group) is 1. The highest BCUT2D eigenvalue weighted by atomic mass is 15.2. The van der Waals surface area contributed by atoms with Crippen LogP contribution in [0.1, 0.15) is 44.6 Å². The monoisotopic (exact) mass is 302 g/mol. The van der Waals surface area contributed by atoms with Crippen molar-refractivity contribution in [3.8, 4) is 0 Å². The molecule has 4 nitrogen and oxygen atoms in total. The molecule has 0 aromatic heterocycles. The minimum absolute atomic E-state index is 0.504. The molecule has 0 spiro atoms. The molecule has 1 saturated carbocycles. The Morgan fingerprint density at radius 1 is 1.32 bits per heavy atom. The Hall–Kier alpha value is -1.55. The first-order valence-corrected chi connectivity index (χ1v) is 8.34. The van der Waals surface area contributed by atoms with Crippen LogP contribution in [0.2, 0.25) is 0 Å². The van der Waals surface area contributed by atoms with Crippen LogP contribution in [-0.2, 0) is 0 Å². The molecule has 22 heavy (non-hydrogen) atoms. The third-order valence-electron chi connectivity index (χ3n) is 4.64. The van der Waals surface area contributed by atoms with Gasteiger partial charge in [-0.2, -0.15) is 0 Å². The zero-order valence-corrected chi connectivity index (χ0v) is 14.3. The molecular formula is C18H30N4. The molecule has 1 aromatic rings. The molecule has 2 unspecified atom stereocenters. The summed E-state index contributed by atoms with van der Waals surface area (Å²) in [5.41, 5.74) is 8.39. The first-order valence-electron chi connectivity index (χ1n) is 8.34. The van der Waals surface area contributed by atoms with Crippen LogP contribution in [-0.4, -0.2) is 37.5 Å². The van der Waals surface area contributed by atoms with Gasteiger partial charge in [0.1, 0.15) is 0 Å². The number of benzene rings is 1. The van der Waals surface area contributed by atoms with Crippen molar-refractivity contribution >= 4 is 11.6 Å². The molecule has 0 aliphatic heterocycles. The first kappa shape index (κ1) is 16.8. The van der Waals surface area contributed by atoms with Crippen molar-refractivity contribution in [2.45, 2.75) is 45.1 Å². The molecular weight excluding hydrogens is 272 g/mol. The number of nitrogens with two attached hydrogens (primary N) is 1.